The zero-order valence-electron chi connectivity index (χ0n) is 3.28. The van der Waals surface area contributed by atoms with E-state index < -0.39 is 0 Å². The van der Waals surface area contributed by atoms with Crippen LogP contribution in [0.4, 0.5) is 0 Å². The van der Waals surface area contributed by atoms with Gasteiger partial charge >= 0.3 is 23.1 Å². The molecule has 0 unspecified atom stereocenters. The molecule has 0 aromatic carbocycles. The summed E-state index contributed by atoms with van der Waals surface area (Å²) in [4.78, 5) is 0. The largest absolute Gasteiger partial charge is 2.00 e. The first-order valence-corrected chi connectivity index (χ1v) is 0. The Morgan fingerprint density at radius 1 is 0.571 bits per heavy atom. The SMILES string of the molecule is Cl.Cl.O.O.[Cl-].[Cl-].[Mg+2]. The summed E-state index contributed by atoms with van der Waals surface area (Å²) >= 11 is 0. The van der Waals surface area contributed by atoms with E-state index in [4.69, 9.17) is 0 Å². The molecule has 0 amide bonds. The average molecular weight is 204 g/mol. The molecule has 0 aliphatic carbocycles. The van der Waals surface area contributed by atoms with Crippen LogP contribution in [0.25, 0.3) is 0 Å². The molecule has 0 aromatic rings. The fourth-order valence-electron chi connectivity index (χ4n) is 0. The topological polar surface area (TPSA) is 63.0 Å². The predicted molar refractivity (Wildman–Crippen MR) is 27.5 cm³/mol. The standard InChI is InChI=1S/4ClH.Mg.2H2O/h4*1H;;2*1H2/q;;;;+2;;/p-2. The Bertz CT molecular complexity index is 9.65. The maximum Gasteiger partial charge on any atom is 2.00 e. The normalized spacial score (nSPS) is 0. The van der Waals surface area contributed by atoms with Gasteiger partial charge in [0.15, 0.2) is 0 Å². The third-order valence-corrected chi connectivity index (χ3v) is 0. The average Bonchev–Trinajstić information content (AvgIpc) is 0. The van der Waals surface area contributed by atoms with Gasteiger partial charge in [-0.25, -0.2) is 0 Å². The van der Waals surface area contributed by atoms with Crippen molar-refractivity contribution in [2.45, 2.75) is 0 Å². The number of halogens is 4. The van der Waals surface area contributed by atoms with Crippen LogP contribution in [0.2, 0.25) is 0 Å². The minimum Gasteiger partial charge on any atom is -1.00 e. The van der Waals surface area contributed by atoms with Gasteiger partial charge in [-0.05, 0) is 0 Å². The number of hydrogen-bond donors (Lipinski definition) is 0. The Morgan fingerprint density at radius 2 is 0.571 bits per heavy atom. The Hall–Kier alpha value is 1.85. The van der Waals surface area contributed by atoms with Crippen molar-refractivity contribution in [2.24, 2.45) is 0 Å². The van der Waals surface area contributed by atoms with Crippen molar-refractivity contribution in [1.29, 1.82) is 0 Å². The molecule has 7 heavy (non-hydrogen) atoms. The summed E-state index contributed by atoms with van der Waals surface area (Å²) in [5.74, 6) is 0. The summed E-state index contributed by atoms with van der Waals surface area (Å²) in [5.41, 5.74) is 0. The van der Waals surface area contributed by atoms with Gasteiger partial charge in [-0.15, -0.1) is 24.8 Å². The van der Waals surface area contributed by atoms with Gasteiger partial charge in [0.2, 0.25) is 0 Å². The van der Waals surface area contributed by atoms with Gasteiger partial charge in [0.1, 0.15) is 0 Å². The molecule has 48 valence electrons. The number of rotatable bonds is 0. The maximum atomic E-state index is 0. The summed E-state index contributed by atoms with van der Waals surface area (Å²) in [5, 5.41) is 0. The zero-order chi connectivity index (χ0) is 0. The molecule has 0 rings (SSSR count). The smallest absolute Gasteiger partial charge is 1.00 e. The van der Waals surface area contributed by atoms with Crippen molar-refractivity contribution in [2.75, 3.05) is 0 Å². The van der Waals surface area contributed by atoms with Crippen molar-refractivity contribution < 1.29 is 35.8 Å². The third-order valence-electron chi connectivity index (χ3n) is 0. The molecule has 0 aromatic heterocycles. The second kappa shape index (κ2) is 108. The molecule has 0 saturated heterocycles. The van der Waals surface area contributed by atoms with Gasteiger partial charge in [-0.3, -0.25) is 0 Å². The second-order valence-electron chi connectivity index (χ2n) is 0. The van der Waals surface area contributed by atoms with Crippen LogP contribution in [0.3, 0.4) is 0 Å². The fraction of sp³-hybridized carbons (Fsp3) is 0. The minimum atomic E-state index is 0. The van der Waals surface area contributed by atoms with Crippen molar-refractivity contribution in [3.05, 3.63) is 0 Å². The summed E-state index contributed by atoms with van der Waals surface area (Å²) in [6.45, 7) is 0. The van der Waals surface area contributed by atoms with Crippen LogP contribution in [0.1, 0.15) is 0 Å². The maximum absolute atomic E-state index is 0. The van der Waals surface area contributed by atoms with Crippen molar-refractivity contribution >= 4 is 47.9 Å². The Morgan fingerprint density at radius 3 is 0.571 bits per heavy atom. The molecule has 0 fully saturated rings. The molecule has 2 nitrogen and oxygen atoms in total. The van der Waals surface area contributed by atoms with Crippen molar-refractivity contribution in [3.8, 4) is 0 Å². The summed E-state index contributed by atoms with van der Waals surface area (Å²) in [7, 11) is 0. The van der Waals surface area contributed by atoms with Crippen LogP contribution >= 0.6 is 24.8 Å². The van der Waals surface area contributed by atoms with Gasteiger partial charge in [0.05, 0.1) is 0 Å². The first-order valence-electron chi connectivity index (χ1n) is 0. The van der Waals surface area contributed by atoms with Crippen molar-refractivity contribution in [1.82, 2.24) is 0 Å². The number of hydrogen-bond acceptors (Lipinski definition) is 0. The molecular weight excluding hydrogens is 198 g/mol. The summed E-state index contributed by atoms with van der Waals surface area (Å²) < 4.78 is 0. The van der Waals surface area contributed by atoms with E-state index in [-0.39, 0.29) is 83.6 Å². The quantitative estimate of drug-likeness (QED) is 0.352. The van der Waals surface area contributed by atoms with E-state index >= 15 is 0 Å². The Labute approximate surface area is 83.2 Å². The van der Waals surface area contributed by atoms with E-state index in [1.165, 1.54) is 0 Å². The van der Waals surface area contributed by atoms with Crippen LogP contribution in [-0.4, -0.2) is 34.0 Å². The second-order valence-corrected chi connectivity index (χ2v) is 0. The molecule has 0 spiro atoms. The molecule has 0 aliphatic heterocycles. The summed E-state index contributed by atoms with van der Waals surface area (Å²) in [6.07, 6.45) is 0. The van der Waals surface area contributed by atoms with E-state index in [0.29, 0.717) is 0 Å². The first kappa shape index (κ1) is 160. The minimum absolute atomic E-state index is 0. The third kappa shape index (κ3) is 78.7. The van der Waals surface area contributed by atoms with Crippen LogP contribution in [0.15, 0.2) is 0 Å². The monoisotopic (exact) mass is 202 g/mol. The predicted octanol–water partition coefficient (Wildman–Crippen LogP) is -7.18. The van der Waals surface area contributed by atoms with E-state index in [1.54, 1.807) is 0 Å². The molecule has 4 N–H and O–H groups in total. The van der Waals surface area contributed by atoms with Gasteiger partial charge in [-0.2, -0.15) is 0 Å². The van der Waals surface area contributed by atoms with Gasteiger partial charge in [-0.1, -0.05) is 0 Å². The van der Waals surface area contributed by atoms with Crippen LogP contribution in [0.5, 0.6) is 0 Å². The van der Waals surface area contributed by atoms with Crippen LogP contribution < -0.4 is 24.8 Å². The Balaban J connectivity index is 0. The van der Waals surface area contributed by atoms with E-state index in [0.717, 1.165) is 0 Å². The van der Waals surface area contributed by atoms with E-state index in [9.17, 15) is 0 Å². The Kier molecular flexibility index (Phi) is 2460. The molecule has 0 saturated carbocycles. The molecular formula is H6Cl4MgO2. The molecule has 0 heterocycles. The van der Waals surface area contributed by atoms with E-state index in [1.807, 2.05) is 0 Å². The first-order chi connectivity index (χ1) is 0. The fourth-order valence-corrected chi connectivity index (χ4v) is 0. The van der Waals surface area contributed by atoms with Gasteiger partial charge < -0.3 is 35.8 Å². The molecule has 0 aliphatic rings. The van der Waals surface area contributed by atoms with Gasteiger partial charge in [0.25, 0.3) is 0 Å². The molecule has 0 radical (unpaired) electrons. The van der Waals surface area contributed by atoms with Crippen LogP contribution in [0, 0.1) is 0 Å². The molecule has 7 heteroatoms. The van der Waals surface area contributed by atoms with Crippen molar-refractivity contribution in [3.63, 3.8) is 0 Å². The molecule has 0 atom stereocenters. The summed E-state index contributed by atoms with van der Waals surface area (Å²) in [6, 6.07) is 0. The van der Waals surface area contributed by atoms with E-state index in [2.05, 4.69) is 0 Å². The molecule has 0 bridgehead atoms. The van der Waals surface area contributed by atoms with Crippen LogP contribution in [-0.2, 0) is 0 Å². The zero-order valence-corrected chi connectivity index (χ0v) is 7.84. The van der Waals surface area contributed by atoms with Gasteiger partial charge in [0, 0.05) is 0 Å².